The lowest BCUT2D eigenvalue weighted by Crippen LogP contribution is -2.41. The van der Waals surface area contributed by atoms with E-state index < -0.39 is 0 Å². The molecule has 1 aromatic heterocycles. The molecule has 0 radical (unpaired) electrons. The molecule has 1 aromatic carbocycles. The molecule has 2 unspecified atom stereocenters. The predicted octanol–water partition coefficient (Wildman–Crippen LogP) is 3.18. The number of nitrogens with zero attached hydrogens (tertiary/aromatic N) is 1. The van der Waals surface area contributed by atoms with Crippen molar-refractivity contribution in [3.63, 3.8) is 0 Å². The number of rotatable bonds is 1. The highest BCUT2D eigenvalue weighted by molar-refractivity contribution is 5.45. The van der Waals surface area contributed by atoms with E-state index >= 15 is 0 Å². The van der Waals surface area contributed by atoms with Gasteiger partial charge in [0.1, 0.15) is 0 Å². The van der Waals surface area contributed by atoms with Gasteiger partial charge in [0.2, 0.25) is 0 Å². The summed E-state index contributed by atoms with van der Waals surface area (Å²) in [5.74, 6) is 0.592. The maximum Gasteiger partial charge on any atom is 0.0683 e. The summed E-state index contributed by atoms with van der Waals surface area (Å²) < 4.78 is 0. The van der Waals surface area contributed by atoms with Crippen LogP contribution in [-0.2, 0) is 5.54 Å². The molecular formula is C16H18N2. The quantitative estimate of drug-likeness (QED) is 0.828. The largest absolute Gasteiger partial charge is 0.318 e. The van der Waals surface area contributed by atoms with Crippen LogP contribution in [0.25, 0.3) is 0 Å². The highest BCUT2D eigenvalue weighted by Crippen LogP contribution is 2.42. The van der Waals surface area contributed by atoms with Crippen LogP contribution in [0.2, 0.25) is 0 Å². The minimum atomic E-state index is -0.378. The number of aromatic nitrogens is 1. The molecular weight excluding hydrogens is 220 g/mol. The number of fused-ring (bicyclic) bond motifs is 1. The molecule has 1 aliphatic rings. The number of hydrogen-bond acceptors (Lipinski definition) is 2. The van der Waals surface area contributed by atoms with E-state index in [0.717, 1.165) is 18.4 Å². The van der Waals surface area contributed by atoms with Gasteiger partial charge >= 0.3 is 0 Å². The molecule has 18 heavy (non-hydrogen) atoms. The number of pyridine rings is 1. The average molecular weight is 238 g/mol. The Morgan fingerprint density at radius 1 is 1.22 bits per heavy atom. The van der Waals surface area contributed by atoms with E-state index in [9.17, 15) is 0 Å². The fraction of sp³-hybridized carbons (Fsp3) is 0.312. The maximum absolute atomic E-state index is 6.71. The van der Waals surface area contributed by atoms with E-state index in [4.69, 9.17) is 5.73 Å². The fourth-order valence-electron chi connectivity index (χ4n) is 2.99. The van der Waals surface area contributed by atoms with Gasteiger partial charge in [-0.05, 0) is 41.5 Å². The summed E-state index contributed by atoms with van der Waals surface area (Å²) >= 11 is 0. The molecule has 2 aromatic rings. The molecule has 0 saturated heterocycles. The van der Waals surface area contributed by atoms with Gasteiger partial charge in [-0.3, -0.25) is 4.98 Å². The third-order valence-electron chi connectivity index (χ3n) is 4.12. The Hall–Kier alpha value is -1.67. The Morgan fingerprint density at radius 3 is 2.83 bits per heavy atom. The highest BCUT2D eigenvalue weighted by Gasteiger charge is 2.36. The molecule has 1 heterocycles. The van der Waals surface area contributed by atoms with Crippen LogP contribution < -0.4 is 5.73 Å². The van der Waals surface area contributed by atoms with Gasteiger partial charge in [-0.1, -0.05) is 37.3 Å². The van der Waals surface area contributed by atoms with Gasteiger partial charge in [0.25, 0.3) is 0 Å². The summed E-state index contributed by atoms with van der Waals surface area (Å²) in [4.78, 5) is 4.22. The third-order valence-corrected chi connectivity index (χ3v) is 4.12. The SMILES string of the molecule is CC1CCC(N)(c2cccnc2)c2ccccc21. The van der Waals surface area contributed by atoms with Gasteiger partial charge in [-0.2, -0.15) is 0 Å². The summed E-state index contributed by atoms with van der Waals surface area (Å²) in [7, 11) is 0. The second kappa shape index (κ2) is 4.21. The summed E-state index contributed by atoms with van der Waals surface area (Å²) in [6.45, 7) is 2.28. The van der Waals surface area contributed by atoms with Crippen LogP contribution >= 0.6 is 0 Å². The first-order valence-corrected chi connectivity index (χ1v) is 6.50. The van der Waals surface area contributed by atoms with Crippen LogP contribution in [0, 0.1) is 0 Å². The van der Waals surface area contributed by atoms with Gasteiger partial charge in [0.15, 0.2) is 0 Å². The number of hydrogen-bond donors (Lipinski definition) is 1. The Kier molecular flexibility index (Phi) is 2.67. The standard InChI is InChI=1S/C16H18N2/c1-12-8-9-16(17,13-5-4-10-18-11-13)15-7-3-2-6-14(12)15/h2-7,10-12H,8-9,17H2,1H3. The molecule has 0 bridgehead atoms. The van der Waals surface area contributed by atoms with E-state index in [-0.39, 0.29) is 5.54 Å². The molecule has 1 aliphatic carbocycles. The normalized spacial score (nSPS) is 26.7. The van der Waals surface area contributed by atoms with Crippen molar-refractivity contribution < 1.29 is 0 Å². The van der Waals surface area contributed by atoms with Crippen LogP contribution in [0.4, 0.5) is 0 Å². The molecule has 3 rings (SSSR count). The van der Waals surface area contributed by atoms with Gasteiger partial charge in [0, 0.05) is 12.4 Å². The molecule has 0 aliphatic heterocycles. The predicted molar refractivity (Wildman–Crippen MR) is 73.3 cm³/mol. The zero-order valence-corrected chi connectivity index (χ0v) is 10.6. The molecule has 2 heteroatoms. The topological polar surface area (TPSA) is 38.9 Å². The fourth-order valence-corrected chi connectivity index (χ4v) is 2.99. The smallest absolute Gasteiger partial charge is 0.0683 e. The molecule has 0 fully saturated rings. The zero-order chi connectivity index (χ0) is 12.6. The van der Waals surface area contributed by atoms with Gasteiger partial charge in [0.05, 0.1) is 5.54 Å². The first-order chi connectivity index (χ1) is 8.72. The van der Waals surface area contributed by atoms with Gasteiger partial charge in [-0.25, -0.2) is 0 Å². The van der Waals surface area contributed by atoms with Crippen LogP contribution in [0.3, 0.4) is 0 Å². The molecule has 0 spiro atoms. The Balaban J connectivity index is 2.17. The highest BCUT2D eigenvalue weighted by atomic mass is 14.8. The van der Waals surface area contributed by atoms with Crippen molar-refractivity contribution in [3.05, 3.63) is 65.5 Å². The minimum absolute atomic E-state index is 0.378. The first-order valence-electron chi connectivity index (χ1n) is 6.50. The monoisotopic (exact) mass is 238 g/mol. The second-order valence-corrected chi connectivity index (χ2v) is 5.24. The van der Waals surface area contributed by atoms with Crippen molar-refractivity contribution in [2.75, 3.05) is 0 Å². The lowest BCUT2D eigenvalue weighted by molar-refractivity contribution is 0.411. The molecule has 0 saturated carbocycles. The molecule has 0 amide bonds. The van der Waals surface area contributed by atoms with Crippen molar-refractivity contribution in [3.8, 4) is 0 Å². The lowest BCUT2D eigenvalue weighted by atomic mass is 9.70. The van der Waals surface area contributed by atoms with E-state index in [1.54, 1.807) is 6.20 Å². The Morgan fingerprint density at radius 2 is 2.06 bits per heavy atom. The number of nitrogens with two attached hydrogens (primary N) is 1. The average Bonchev–Trinajstić information content (AvgIpc) is 2.44. The first kappa shape index (κ1) is 11.4. The van der Waals surface area contributed by atoms with E-state index in [0.29, 0.717) is 5.92 Å². The summed E-state index contributed by atoms with van der Waals surface area (Å²) in [5.41, 5.74) is 10.1. The van der Waals surface area contributed by atoms with Crippen LogP contribution in [0.5, 0.6) is 0 Å². The third kappa shape index (κ3) is 1.65. The molecule has 92 valence electrons. The number of benzene rings is 1. The van der Waals surface area contributed by atoms with Crippen molar-refractivity contribution in [2.24, 2.45) is 5.73 Å². The molecule has 2 N–H and O–H groups in total. The van der Waals surface area contributed by atoms with Gasteiger partial charge < -0.3 is 5.73 Å². The lowest BCUT2D eigenvalue weighted by Gasteiger charge is -2.38. The molecule has 2 nitrogen and oxygen atoms in total. The van der Waals surface area contributed by atoms with Crippen molar-refractivity contribution in [2.45, 2.75) is 31.2 Å². The van der Waals surface area contributed by atoms with E-state index in [1.807, 2.05) is 12.3 Å². The maximum atomic E-state index is 6.71. The van der Waals surface area contributed by atoms with Crippen LogP contribution in [-0.4, -0.2) is 4.98 Å². The van der Waals surface area contributed by atoms with Crippen molar-refractivity contribution in [1.82, 2.24) is 4.98 Å². The van der Waals surface area contributed by atoms with E-state index in [1.165, 1.54) is 11.1 Å². The summed E-state index contributed by atoms with van der Waals surface area (Å²) in [5, 5.41) is 0. The zero-order valence-electron chi connectivity index (χ0n) is 10.6. The Labute approximate surface area is 108 Å². The Bertz CT molecular complexity index is 550. The minimum Gasteiger partial charge on any atom is -0.318 e. The van der Waals surface area contributed by atoms with Crippen molar-refractivity contribution >= 4 is 0 Å². The van der Waals surface area contributed by atoms with Crippen molar-refractivity contribution in [1.29, 1.82) is 0 Å². The molecule has 2 atom stereocenters. The van der Waals surface area contributed by atoms with E-state index in [2.05, 4.69) is 42.2 Å². The van der Waals surface area contributed by atoms with Crippen LogP contribution in [0.15, 0.2) is 48.8 Å². The van der Waals surface area contributed by atoms with Crippen LogP contribution in [0.1, 0.15) is 42.4 Å². The second-order valence-electron chi connectivity index (χ2n) is 5.24. The summed E-state index contributed by atoms with van der Waals surface area (Å²) in [6, 6.07) is 12.6. The summed E-state index contributed by atoms with van der Waals surface area (Å²) in [6.07, 6.45) is 5.80. The van der Waals surface area contributed by atoms with Gasteiger partial charge in [-0.15, -0.1) is 0 Å².